The van der Waals surface area contributed by atoms with Gasteiger partial charge in [-0.1, -0.05) is 166 Å². The Bertz CT molecular complexity index is 1590. The van der Waals surface area contributed by atoms with Crippen molar-refractivity contribution in [1.82, 2.24) is 4.98 Å². The number of aliphatic hydroxyl groups is 1. The minimum absolute atomic E-state index is 0.0397. The molecule has 0 amide bonds. The highest BCUT2D eigenvalue weighted by atomic mass is 28.4. The van der Waals surface area contributed by atoms with Gasteiger partial charge in [0.25, 0.3) is 8.32 Å². The molecule has 0 saturated heterocycles. The van der Waals surface area contributed by atoms with Crippen LogP contribution in [0, 0.1) is 0 Å². The molecule has 3 aromatic carbocycles. The van der Waals surface area contributed by atoms with Gasteiger partial charge in [0.05, 0.1) is 17.7 Å². The number of hydrogen-bond donors (Lipinski definition) is 1. The molecular weight excluding hydrogens is 671 g/mol. The van der Waals surface area contributed by atoms with E-state index in [1.807, 2.05) is 0 Å². The van der Waals surface area contributed by atoms with Crippen molar-refractivity contribution in [2.45, 2.75) is 154 Å². The smallest absolute Gasteiger partial charge is 0.261 e. The van der Waals surface area contributed by atoms with Gasteiger partial charge in [0.15, 0.2) is 8.32 Å². The van der Waals surface area contributed by atoms with E-state index in [4.69, 9.17) is 13.8 Å². The van der Waals surface area contributed by atoms with Crippen LogP contribution in [0.3, 0.4) is 0 Å². The maximum absolute atomic E-state index is 11.2. The largest absolute Gasteiger partial charge is 0.410 e. The Morgan fingerprint density at radius 3 is 1.85 bits per heavy atom. The standard InChI is InChI=1S/C46H69NO3Si2/c1-10-11-12-13-14-21-29-44(50-51(8,9)45(2,3)4)38-31-30-37-32-33-39(47-43(37)35-38)36-40(48)24-22-23-34-49-52(46(5,6)7,41-25-17-15-18-26-41)42-27-19-16-20-28-42/h15-20,25-28,30-33,35,40,44,48H,10-14,21-24,29,34,36H2,1-9H3. The lowest BCUT2D eigenvalue weighted by molar-refractivity contribution is 0.157. The molecule has 0 aliphatic rings. The predicted octanol–water partition coefficient (Wildman–Crippen LogP) is 11.7. The van der Waals surface area contributed by atoms with Crippen LogP contribution in [0.25, 0.3) is 10.9 Å². The van der Waals surface area contributed by atoms with E-state index in [0.717, 1.165) is 42.3 Å². The number of benzene rings is 3. The zero-order valence-corrected chi connectivity index (χ0v) is 36.0. The summed E-state index contributed by atoms with van der Waals surface area (Å²) >= 11 is 0. The molecule has 4 aromatic rings. The van der Waals surface area contributed by atoms with Crippen LogP contribution < -0.4 is 10.4 Å². The van der Waals surface area contributed by atoms with E-state index in [1.165, 1.54) is 54.5 Å². The Morgan fingerprint density at radius 2 is 1.25 bits per heavy atom. The van der Waals surface area contributed by atoms with Crippen LogP contribution in [-0.2, 0) is 15.3 Å². The normalized spacial score (nSPS) is 14.1. The van der Waals surface area contributed by atoms with Gasteiger partial charge in [0.2, 0.25) is 0 Å². The van der Waals surface area contributed by atoms with Crippen LogP contribution in [0.4, 0.5) is 0 Å². The van der Waals surface area contributed by atoms with Gasteiger partial charge in [-0.3, -0.25) is 4.98 Å². The molecule has 0 saturated carbocycles. The minimum atomic E-state index is -2.54. The Morgan fingerprint density at radius 1 is 0.673 bits per heavy atom. The van der Waals surface area contributed by atoms with Gasteiger partial charge in [-0.15, -0.1) is 0 Å². The highest BCUT2D eigenvalue weighted by Crippen LogP contribution is 2.41. The van der Waals surface area contributed by atoms with Gasteiger partial charge in [-0.2, -0.15) is 0 Å². The third-order valence-corrected chi connectivity index (χ3v) is 20.8. The summed E-state index contributed by atoms with van der Waals surface area (Å²) in [5, 5.41) is 15.0. The molecular formula is C46H69NO3Si2. The molecule has 0 aliphatic carbocycles. The molecule has 52 heavy (non-hydrogen) atoms. The predicted molar refractivity (Wildman–Crippen MR) is 228 cm³/mol. The SMILES string of the molecule is CCCCCCCCC(O[Si](C)(C)C(C)(C)C)c1ccc2ccc(CC(O)CCCCO[Si](c3ccccc3)(c3ccccc3)C(C)(C)C)nc2c1. The highest BCUT2D eigenvalue weighted by molar-refractivity contribution is 6.99. The van der Waals surface area contributed by atoms with Crippen molar-refractivity contribution >= 4 is 37.9 Å². The average Bonchev–Trinajstić information content (AvgIpc) is 3.10. The number of aliphatic hydroxyl groups excluding tert-OH is 1. The summed E-state index contributed by atoms with van der Waals surface area (Å²) in [7, 11) is -4.51. The van der Waals surface area contributed by atoms with Crippen LogP contribution >= 0.6 is 0 Å². The first-order valence-electron chi connectivity index (χ1n) is 20.2. The van der Waals surface area contributed by atoms with E-state index in [2.05, 4.69) is 153 Å². The van der Waals surface area contributed by atoms with Crippen molar-refractivity contribution < 1.29 is 14.0 Å². The average molecular weight is 740 g/mol. The zero-order chi connectivity index (χ0) is 37.8. The molecule has 0 radical (unpaired) electrons. The second-order valence-corrected chi connectivity index (χ2v) is 26.6. The summed E-state index contributed by atoms with van der Waals surface area (Å²) in [4.78, 5) is 5.08. The Hall–Kier alpha value is -2.62. The number of pyridine rings is 1. The lowest BCUT2D eigenvalue weighted by atomic mass is 10.00. The van der Waals surface area contributed by atoms with Crippen LogP contribution in [0.1, 0.15) is 130 Å². The Kier molecular flexibility index (Phi) is 15.5. The van der Waals surface area contributed by atoms with E-state index in [-0.39, 0.29) is 16.2 Å². The molecule has 1 N–H and O–H groups in total. The van der Waals surface area contributed by atoms with Crippen molar-refractivity contribution in [3.63, 3.8) is 0 Å². The van der Waals surface area contributed by atoms with E-state index in [0.29, 0.717) is 13.0 Å². The number of nitrogens with zero attached hydrogens (tertiary/aromatic N) is 1. The molecule has 0 aliphatic heterocycles. The molecule has 0 spiro atoms. The van der Waals surface area contributed by atoms with Crippen molar-refractivity contribution in [3.8, 4) is 0 Å². The molecule has 1 aromatic heterocycles. The summed E-state index contributed by atoms with van der Waals surface area (Å²) < 4.78 is 14.2. The van der Waals surface area contributed by atoms with Crippen molar-refractivity contribution in [2.75, 3.05) is 6.61 Å². The summed E-state index contributed by atoms with van der Waals surface area (Å²) in [6.45, 7) is 21.6. The monoisotopic (exact) mass is 739 g/mol. The van der Waals surface area contributed by atoms with Crippen molar-refractivity contribution in [1.29, 1.82) is 0 Å². The van der Waals surface area contributed by atoms with Gasteiger partial charge in [-0.05, 0) is 76.9 Å². The third-order valence-electron chi connectivity index (χ3n) is 11.3. The quantitative estimate of drug-likeness (QED) is 0.0724. The fraction of sp³-hybridized carbons (Fsp3) is 0.543. The number of unbranched alkanes of at least 4 members (excludes halogenated alkanes) is 6. The number of aromatic nitrogens is 1. The van der Waals surface area contributed by atoms with Crippen LogP contribution in [-0.4, -0.2) is 39.4 Å². The third kappa shape index (κ3) is 11.2. The van der Waals surface area contributed by atoms with Gasteiger partial charge in [0, 0.05) is 24.1 Å². The van der Waals surface area contributed by atoms with E-state index in [1.54, 1.807) is 0 Å². The minimum Gasteiger partial charge on any atom is -0.410 e. The topological polar surface area (TPSA) is 51.6 Å². The molecule has 4 rings (SSSR count). The first-order chi connectivity index (χ1) is 24.7. The first-order valence-corrected chi connectivity index (χ1v) is 25.0. The second-order valence-electron chi connectivity index (χ2n) is 17.5. The van der Waals surface area contributed by atoms with Gasteiger partial charge >= 0.3 is 0 Å². The van der Waals surface area contributed by atoms with E-state index >= 15 is 0 Å². The number of fused-ring (bicyclic) bond motifs is 1. The lowest BCUT2D eigenvalue weighted by Gasteiger charge is -2.43. The fourth-order valence-electron chi connectivity index (χ4n) is 7.24. The zero-order valence-electron chi connectivity index (χ0n) is 34.0. The summed E-state index contributed by atoms with van der Waals surface area (Å²) in [5.41, 5.74) is 3.17. The maximum Gasteiger partial charge on any atom is 0.261 e. The molecule has 0 bridgehead atoms. The first kappa shape index (κ1) is 42.1. The van der Waals surface area contributed by atoms with Crippen LogP contribution in [0.15, 0.2) is 91.0 Å². The number of hydrogen-bond acceptors (Lipinski definition) is 4. The molecule has 284 valence electrons. The van der Waals surface area contributed by atoms with Crippen molar-refractivity contribution in [3.05, 3.63) is 102 Å². The summed E-state index contributed by atoms with van der Waals surface area (Å²) in [5.74, 6) is 0. The van der Waals surface area contributed by atoms with Gasteiger partial charge < -0.3 is 14.0 Å². The van der Waals surface area contributed by atoms with E-state index in [9.17, 15) is 5.11 Å². The summed E-state index contributed by atoms with van der Waals surface area (Å²) in [6.07, 6.45) is 11.5. The van der Waals surface area contributed by atoms with Crippen LogP contribution in [0.2, 0.25) is 23.2 Å². The molecule has 2 atom stereocenters. The lowest BCUT2D eigenvalue weighted by Crippen LogP contribution is -2.66. The highest BCUT2D eigenvalue weighted by Gasteiger charge is 2.50. The van der Waals surface area contributed by atoms with Crippen molar-refractivity contribution in [2.24, 2.45) is 0 Å². The molecule has 0 fully saturated rings. The number of rotatable bonds is 20. The molecule has 1 heterocycles. The molecule has 6 heteroatoms. The van der Waals surface area contributed by atoms with Crippen LogP contribution in [0.5, 0.6) is 0 Å². The second kappa shape index (κ2) is 19.1. The molecule has 2 unspecified atom stereocenters. The molecule has 4 nitrogen and oxygen atoms in total. The van der Waals surface area contributed by atoms with Gasteiger partial charge in [-0.25, -0.2) is 0 Å². The Labute approximate surface area is 319 Å². The Balaban J connectivity index is 1.40. The summed E-state index contributed by atoms with van der Waals surface area (Å²) in [6, 6.07) is 32.6. The fourth-order valence-corrected chi connectivity index (χ4v) is 13.2. The van der Waals surface area contributed by atoms with Gasteiger partial charge in [0.1, 0.15) is 0 Å². The van der Waals surface area contributed by atoms with E-state index < -0.39 is 22.7 Å². The maximum atomic E-state index is 11.2.